The molecule has 1 fully saturated rings. The Kier molecular flexibility index (Phi) is 6.91. The number of rotatable bonds is 8. The molecule has 1 aliphatic rings. The van der Waals surface area contributed by atoms with Gasteiger partial charge in [-0.15, -0.1) is 0 Å². The predicted molar refractivity (Wildman–Crippen MR) is 111 cm³/mol. The number of amides is 4. The normalized spacial score (nSPS) is 15.2. The van der Waals surface area contributed by atoms with E-state index in [1.54, 1.807) is 0 Å². The highest BCUT2D eigenvalue weighted by Crippen LogP contribution is 2.30. The molecule has 11 heteroatoms. The molecule has 0 aliphatic carbocycles. The maximum absolute atomic E-state index is 13.0. The van der Waals surface area contributed by atoms with Crippen LogP contribution in [0.4, 0.5) is 14.9 Å². The zero-order chi connectivity index (χ0) is 24.1. The van der Waals surface area contributed by atoms with Crippen LogP contribution in [0.1, 0.15) is 12.5 Å². The number of benzene rings is 2. The van der Waals surface area contributed by atoms with Crippen LogP contribution in [0.3, 0.4) is 0 Å². The third-order valence-electron chi connectivity index (χ3n) is 4.53. The van der Waals surface area contributed by atoms with Crippen molar-refractivity contribution in [3.63, 3.8) is 0 Å². The molecule has 1 aliphatic heterocycles. The Morgan fingerprint density at radius 1 is 1.18 bits per heavy atom. The molecule has 2 N–H and O–H groups in total. The van der Waals surface area contributed by atoms with Gasteiger partial charge in [-0.1, -0.05) is 6.07 Å². The molecule has 1 saturated heterocycles. The third kappa shape index (κ3) is 5.64. The van der Waals surface area contributed by atoms with Gasteiger partial charge in [-0.2, -0.15) is 0 Å². The number of urea groups is 1. The first-order chi connectivity index (χ1) is 15.7. The summed E-state index contributed by atoms with van der Waals surface area (Å²) in [6, 6.07) is 8.68. The number of imide groups is 1. The third-order valence-corrected chi connectivity index (χ3v) is 4.53. The number of nitrogens with zero attached hydrogens (tertiary/aromatic N) is 1. The second kappa shape index (κ2) is 9.81. The molecule has 0 bridgehead atoms. The van der Waals surface area contributed by atoms with Crippen molar-refractivity contribution in [3.05, 3.63) is 59.5 Å². The van der Waals surface area contributed by atoms with Crippen LogP contribution in [0.25, 0.3) is 6.08 Å². The minimum absolute atomic E-state index is 0.0755. The average molecular weight is 456 g/mol. The SMILES string of the molecule is COc1cc(/C=C2\NC(=O)N(CC(=O)Nc3ccc(F)cc3)C2=O)ccc1O[C@H](C)C(=O)[O-]. The lowest BCUT2D eigenvalue weighted by Gasteiger charge is -2.17. The lowest BCUT2D eigenvalue weighted by Crippen LogP contribution is -2.38. The van der Waals surface area contributed by atoms with E-state index in [0.29, 0.717) is 11.3 Å². The Morgan fingerprint density at radius 2 is 1.88 bits per heavy atom. The molecular formula is C22H19FN3O7-. The van der Waals surface area contributed by atoms with Crippen molar-refractivity contribution in [2.24, 2.45) is 0 Å². The number of carbonyl (C=O) groups is 4. The monoisotopic (exact) mass is 456 g/mol. The van der Waals surface area contributed by atoms with Gasteiger partial charge in [0.1, 0.15) is 24.2 Å². The van der Waals surface area contributed by atoms with Gasteiger partial charge in [-0.3, -0.25) is 9.59 Å². The lowest BCUT2D eigenvalue weighted by atomic mass is 10.1. The Balaban J connectivity index is 1.71. The quantitative estimate of drug-likeness (QED) is 0.444. The van der Waals surface area contributed by atoms with E-state index < -0.39 is 42.3 Å². The summed E-state index contributed by atoms with van der Waals surface area (Å²) in [5.41, 5.74) is 0.682. The van der Waals surface area contributed by atoms with Gasteiger partial charge in [0.25, 0.3) is 5.91 Å². The van der Waals surface area contributed by atoms with Crippen molar-refractivity contribution in [2.45, 2.75) is 13.0 Å². The second-order valence-electron chi connectivity index (χ2n) is 6.92. The van der Waals surface area contributed by atoms with Gasteiger partial charge in [-0.25, -0.2) is 14.1 Å². The smallest absolute Gasteiger partial charge is 0.329 e. The summed E-state index contributed by atoms with van der Waals surface area (Å²) in [4.78, 5) is 48.6. The van der Waals surface area contributed by atoms with Crippen molar-refractivity contribution in [1.82, 2.24) is 10.2 Å². The number of hydrogen-bond donors (Lipinski definition) is 2. The molecule has 0 spiro atoms. The van der Waals surface area contributed by atoms with E-state index >= 15 is 0 Å². The van der Waals surface area contributed by atoms with Gasteiger partial charge in [-0.05, 0) is 55.0 Å². The molecule has 4 amide bonds. The maximum Gasteiger partial charge on any atom is 0.329 e. The molecule has 2 aromatic rings. The molecule has 0 radical (unpaired) electrons. The summed E-state index contributed by atoms with van der Waals surface area (Å²) in [5.74, 6) is -2.88. The number of ether oxygens (including phenoxy) is 2. The van der Waals surface area contributed by atoms with Crippen LogP contribution < -0.4 is 25.2 Å². The molecule has 33 heavy (non-hydrogen) atoms. The van der Waals surface area contributed by atoms with Crippen LogP contribution in [-0.2, 0) is 14.4 Å². The largest absolute Gasteiger partial charge is 0.546 e. The minimum Gasteiger partial charge on any atom is -0.546 e. The molecule has 0 unspecified atom stereocenters. The van der Waals surface area contributed by atoms with Crippen LogP contribution in [0.15, 0.2) is 48.2 Å². The number of carboxylic acid groups (broad SMARTS) is 1. The van der Waals surface area contributed by atoms with Crippen LogP contribution in [-0.4, -0.2) is 48.5 Å². The first-order valence-electron chi connectivity index (χ1n) is 9.63. The fourth-order valence-electron chi connectivity index (χ4n) is 2.87. The molecule has 2 aromatic carbocycles. The lowest BCUT2D eigenvalue weighted by molar-refractivity contribution is -0.312. The molecule has 1 heterocycles. The number of aliphatic carboxylic acids is 1. The van der Waals surface area contributed by atoms with Gasteiger partial charge >= 0.3 is 6.03 Å². The Hall–Kier alpha value is -4.41. The van der Waals surface area contributed by atoms with Gasteiger partial charge in [0.05, 0.1) is 13.1 Å². The zero-order valence-corrected chi connectivity index (χ0v) is 17.6. The van der Waals surface area contributed by atoms with E-state index in [1.807, 2.05) is 0 Å². The summed E-state index contributed by atoms with van der Waals surface area (Å²) in [6.07, 6.45) is 0.153. The Bertz CT molecular complexity index is 1130. The molecule has 1 atom stereocenters. The van der Waals surface area contributed by atoms with E-state index in [0.717, 1.165) is 17.0 Å². The van der Waals surface area contributed by atoms with E-state index in [4.69, 9.17) is 9.47 Å². The number of nitrogens with one attached hydrogen (secondary N) is 2. The highest BCUT2D eigenvalue weighted by molar-refractivity contribution is 6.15. The number of carboxylic acids is 1. The number of hydrogen-bond acceptors (Lipinski definition) is 7. The van der Waals surface area contributed by atoms with Crippen LogP contribution >= 0.6 is 0 Å². The van der Waals surface area contributed by atoms with Gasteiger partial charge in [0, 0.05) is 5.69 Å². The summed E-state index contributed by atoms with van der Waals surface area (Å²) in [6.45, 7) is 0.759. The van der Waals surface area contributed by atoms with Crippen LogP contribution in [0.2, 0.25) is 0 Å². The minimum atomic E-state index is -1.40. The second-order valence-corrected chi connectivity index (χ2v) is 6.92. The van der Waals surface area contributed by atoms with Crippen LogP contribution in [0.5, 0.6) is 11.5 Å². The molecule has 0 aromatic heterocycles. The van der Waals surface area contributed by atoms with Crippen molar-refractivity contribution in [2.75, 3.05) is 19.0 Å². The summed E-state index contributed by atoms with van der Waals surface area (Å²) >= 11 is 0. The topological polar surface area (TPSA) is 137 Å². The van der Waals surface area contributed by atoms with E-state index in [2.05, 4.69) is 10.6 Å². The number of halogens is 1. The van der Waals surface area contributed by atoms with Gasteiger partial charge in [0.2, 0.25) is 5.91 Å². The van der Waals surface area contributed by atoms with Gasteiger partial charge in [0.15, 0.2) is 11.5 Å². The Labute approximate surface area is 187 Å². The number of carbonyl (C=O) groups excluding carboxylic acids is 4. The van der Waals surface area contributed by atoms with Crippen LogP contribution in [0, 0.1) is 5.82 Å². The molecule has 172 valence electrons. The number of anilines is 1. The maximum atomic E-state index is 13.0. The van der Waals surface area contributed by atoms with Crippen molar-refractivity contribution in [3.8, 4) is 11.5 Å². The summed E-state index contributed by atoms with van der Waals surface area (Å²) in [7, 11) is 1.35. The average Bonchev–Trinajstić information content (AvgIpc) is 3.03. The summed E-state index contributed by atoms with van der Waals surface area (Å²) < 4.78 is 23.4. The van der Waals surface area contributed by atoms with E-state index in [9.17, 15) is 28.7 Å². The zero-order valence-electron chi connectivity index (χ0n) is 17.6. The first-order valence-corrected chi connectivity index (χ1v) is 9.63. The fourth-order valence-corrected chi connectivity index (χ4v) is 2.87. The highest BCUT2D eigenvalue weighted by Gasteiger charge is 2.35. The standard InChI is InChI=1S/C22H20FN3O7/c1-12(21(29)30)33-17-8-3-13(10-18(17)32-2)9-16-20(28)26(22(31)25-16)11-19(27)24-15-6-4-14(23)5-7-15/h3-10,12H,11H2,1-2H3,(H,24,27)(H,25,31)(H,29,30)/p-1/b16-9-/t12-/m1/s1. The van der Waals surface area contributed by atoms with Gasteiger partial charge < -0.3 is 30.0 Å². The molecular weight excluding hydrogens is 437 g/mol. The van der Waals surface area contributed by atoms with E-state index in [-0.39, 0.29) is 17.2 Å². The fraction of sp³-hybridized carbons (Fsp3) is 0.182. The van der Waals surface area contributed by atoms with Crippen molar-refractivity contribution < 1.29 is 38.1 Å². The first kappa shape index (κ1) is 23.3. The predicted octanol–water partition coefficient (Wildman–Crippen LogP) is 0.883. The van der Waals surface area contributed by atoms with Crippen molar-refractivity contribution in [1.29, 1.82) is 0 Å². The highest BCUT2D eigenvalue weighted by atomic mass is 19.1. The van der Waals surface area contributed by atoms with E-state index in [1.165, 1.54) is 50.4 Å². The van der Waals surface area contributed by atoms with Crippen molar-refractivity contribution >= 4 is 35.6 Å². The Morgan fingerprint density at radius 3 is 2.52 bits per heavy atom. The molecule has 10 nitrogen and oxygen atoms in total. The summed E-state index contributed by atoms with van der Waals surface area (Å²) in [5, 5.41) is 15.7. The molecule has 3 rings (SSSR count). The number of methoxy groups -OCH3 is 1. The molecule has 0 saturated carbocycles.